The summed E-state index contributed by atoms with van der Waals surface area (Å²) in [4.78, 5) is 30.3. The molecule has 4 aromatic rings. The number of nitrogens with one attached hydrogen (secondary N) is 1. The van der Waals surface area contributed by atoms with E-state index in [9.17, 15) is 14.9 Å². The maximum Gasteiger partial charge on any atom is 0.345 e. The zero-order valence-electron chi connectivity index (χ0n) is 17.2. The minimum Gasteiger partial charge on any atom is -0.422 e. The van der Waals surface area contributed by atoms with E-state index in [1.807, 2.05) is 18.2 Å². The lowest BCUT2D eigenvalue weighted by molar-refractivity contribution is -0.383. The number of fused-ring (bicyclic) bond motifs is 2. The lowest BCUT2D eigenvalue weighted by Gasteiger charge is -2.33. The topological polar surface area (TPSA) is 106 Å². The number of aromatic nitrogens is 2. The molecule has 158 valence electrons. The average molecular weight is 419 g/mol. The molecule has 0 bridgehead atoms. The van der Waals surface area contributed by atoms with Gasteiger partial charge in [0.25, 0.3) is 0 Å². The van der Waals surface area contributed by atoms with Crippen LogP contribution in [0.15, 0.2) is 51.9 Å². The molecule has 1 aliphatic heterocycles. The van der Waals surface area contributed by atoms with Gasteiger partial charge in [-0.25, -0.2) is 9.78 Å². The highest BCUT2D eigenvalue weighted by Gasteiger charge is 2.20. The monoisotopic (exact) mass is 419 g/mol. The molecule has 1 saturated heterocycles. The summed E-state index contributed by atoms with van der Waals surface area (Å²) in [6.45, 7) is 6.58. The second-order valence-electron chi connectivity index (χ2n) is 7.99. The molecule has 0 radical (unpaired) electrons. The van der Waals surface area contributed by atoms with E-state index in [-0.39, 0.29) is 16.9 Å². The van der Waals surface area contributed by atoms with Gasteiger partial charge in [0.1, 0.15) is 5.58 Å². The van der Waals surface area contributed by atoms with Crippen molar-refractivity contribution in [3.63, 3.8) is 0 Å². The molecular formula is C22H21N5O4. The van der Waals surface area contributed by atoms with Gasteiger partial charge in [0.2, 0.25) is 5.65 Å². The Hall–Kier alpha value is -3.72. The number of imidazole rings is 1. The Morgan fingerprint density at radius 2 is 2.10 bits per heavy atom. The first-order valence-electron chi connectivity index (χ1n) is 10.1. The summed E-state index contributed by atoms with van der Waals surface area (Å²) in [7, 11) is 0. The van der Waals surface area contributed by atoms with Crippen LogP contribution in [0.3, 0.4) is 0 Å². The summed E-state index contributed by atoms with van der Waals surface area (Å²) >= 11 is 0. The van der Waals surface area contributed by atoms with Gasteiger partial charge >= 0.3 is 11.3 Å². The predicted molar refractivity (Wildman–Crippen MR) is 118 cm³/mol. The first-order chi connectivity index (χ1) is 14.9. The van der Waals surface area contributed by atoms with Crippen LogP contribution in [0, 0.1) is 17.0 Å². The zero-order chi connectivity index (χ0) is 21.7. The normalized spacial score (nSPS) is 16.8. The second kappa shape index (κ2) is 7.21. The lowest BCUT2D eigenvalue weighted by atomic mass is 10.1. The summed E-state index contributed by atoms with van der Waals surface area (Å²) in [6.07, 6.45) is 3.35. The van der Waals surface area contributed by atoms with Crippen molar-refractivity contribution >= 4 is 28.0 Å². The number of aryl methyl sites for hydroxylation is 1. The van der Waals surface area contributed by atoms with E-state index in [2.05, 4.69) is 22.1 Å². The van der Waals surface area contributed by atoms with Crippen molar-refractivity contribution < 1.29 is 9.34 Å². The molecule has 0 aliphatic carbocycles. The molecule has 1 aliphatic rings. The molecule has 1 N–H and O–H groups in total. The average Bonchev–Trinajstić information content (AvgIpc) is 3.15. The van der Waals surface area contributed by atoms with Crippen molar-refractivity contribution in [3.05, 3.63) is 68.8 Å². The van der Waals surface area contributed by atoms with E-state index >= 15 is 0 Å². The minimum atomic E-state index is -0.527. The van der Waals surface area contributed by atoms with E-state index in [4.69, 9.17) is 4.42 Å². The third kappa shape index (κ3) is 3.42. The molecule has 0 saturated carbocycles. The number of pyridine rings is 1. The van der Waals surface area contributed by atoms with Gasteiger partial charge in [-0.3, -0.25) is 10.1 Å². The van der Waals surface area contributed by atoms with Gasteiger partial charge in [-0.2, -0.15) is 0 Å². The summed E-state index contributed by atoms with van der Waals surface area (Å²) in [6, 6.07) is 9.41. The Morgan fingerprint density at radius 1 is 1.26 bits per heavy atom. The maximum absolute atomic E-state index is 12.8. The molecule has 5 rings (SSSR count). The summed E-state index contributed by atoms with van der Waals surface area (Å²) < 4.78 is 7.19. The standard InChI is InChI=1S/C22H21N5O4/c1-13-7-19(27(29)30)21-24-18(12-26(21)10-13)17-8-15-3-4-16(9-20(15)31-22(17)28)25-6-5-23-14(2)11-25/h3-4,7-10,12,14,23H,5-6,11H2,1-2H3/t14-/m0/s1. The number of anilines is 1. The Labute approximate surface area is 177 Å². The van der Waals surface area contributed by atoms with Crippen LogP contribution < -0.4 is 15.8 Å². The molecule has 4 heterocycles. The van der Waals surface area contributed by atoms with Crippen molar-refractivity contribution in [1.82, 2.24) is 14.7 Å². The fourth-order valence-electron chi connectivity index (χ4n) is 4.12. The number of benzene rings is 1. The Kier molecular flexibility index (Phi) is 4.48. The van der Waals surface area contributed by atoms with Gasteiger partial charge in [-0.1, -0.05) is 0 Å². The molecule has 0 spiro atoms. The number of rotatable bonds is 3. The first kappa shape index (κ1) is 19.3. The fourth-order valence-corrected chi connectivity index (χ4v) is 4.12. The quantitative estimate of drug-likeness (QED) is 0.309. The fraction of sp³-hybridized carbons (Fsp3) is 0.273. The summed E-state index contributed by atoms with van der Waals surface area (Å²) in [5, 5.41) is 15.6. The molecule has 9 nitrogen and oxygen atoms in total. The smallest absolute Gasteiger partial charge is 0.345 e. The van der Waals surface area contributed by atoms with Crippen molar-refractivity contribution in [1.29, 1.82) is 0 Å². The van der Waals surface area contributed by atoms with E-state index in [1.165, 1.54) is 6.07 Å². The van der Waals surface area contributed by atoms with Crippen LogP contribution in [0.4, 0.5) is 11.4 Å². The Morgan fingerprint density at radius 3 is 2.87 bits per heavy atom. The Balaban J connectivity index is 1.59. The van der Waals surface area contributed by atoms with E-state index in [1.54, 1.807) is 29.8 Å². The van der Waals surface area contributed by atoms with Crippen molar-refractivity contribution in [2.45, 2.75) is 19.9 Å². The number of hydrogen-bond acceptors (Lipinski definition) is 7. The third-order valence-electron chi connectivity index (χ3n) is 5.59. The van der Waals surface area contributed by atoms with Crippen molar-refractivity contribution in [3.8, 4) is 11.3 Å². The van der Waals surface area contributed by atoms with Crippen molar-refractivity contribution in [2.24, 2.45) is 0 Å². The SMILES string of the molecule is Cc1cc([N+](=O)[O-])c2nc(-c3cc4ccc(N5CCN[C@@H](C)C5)cc4oc3=O)cn2c1. The Bertz CT molecular complexity index is 1390. The molecule has 3 aromatic heterocycles. The molecular weight excluding hydrogens is 398 g/mol. The van der Waals surface area contributed by atoms with Crippen LogP contribution >= 0.6 is 0 Å². The molecule has 0 unspecified atom stereocenters. The van der Waals surface area contributed by atoms with Crippen LogP contribution in [0.2, 0.25) is 0 Å². The minimum absolute atomic E-state index is 0.105. The molecule has 1 fully saturated rings. The van der Waals surface area contributed by atoms with Gasteiger partial charge in [0.15, 0.2) is 0 Å². The number of nitrogens with zero attached hydrogens (tertiary/aromatic N) is 4. The highest BCUT2D eigenvalue weighted by Crippen LogP contribution is 2.28. The second-order valence-corrected chi connectivity index (χ2v) is 7.99. The first-order valence-corrected chi connectivity index (χ1v) is 10.1. The van der Waals surface area contributed by atoms with Crippen LogP contribution in [-0.4, -0.2) is 40.0 Å². The number of hydrogen-bond donors (Lipinski definition) is 1. The molecule has 9 heteroatoms. The number of nitro groups is 1. The molecule has 1 aromatic carbocycles. The highest BCUT2D eigenvalue weighted by atomic mass is 16.6. The van der Waals surface area contributed by atoms with Gasteiger partial charge < -0.3 is 19.0 Å². The summed E-state index contributed by atoms with van der Waals surface area (Å²) in [5.74, 6) is 0. The summed E-state index contributed by atoms with van der Waals surface area (Å²) in [5.41, 5.74) is 2.40. The van der Waals surface area contributed by atoms with Gasteiger partial charge in [0.05, 0.1) is 16.2 Å². The largest absolute Gasteiger partial charge is 0.422 e. The lowest BCUT2D eigenvalue weighted by Crippen LogP contribution is -2.49. The van der Waals surface area contributed by atoms with Gasteiger partial charge in [0, 0.05) is 61.3 Å². The van der Waals surface area contributed by atoms with Crippen LogP contribution in [0.1, 0.15) is 12.5 Å². The zero-order valence-corrected chi connectivity index (χ0v) is 17.2. The number of piperazine rings is 1. The molecule has 1 atom stereocenters. The maximum atomic E-state index is 12.8. The van der Waals surface area contributed by atoms with E-state index in [0.717, 1.165) is 36.3 Å². The van der Waals surface area contributed by atoms with Crippen LogP contribution in [0.25, 0.3) is 27.9 Å². The molecule has 0 amide bonds. The molecule has 31 heavy (non-hydrogen) atoms. The van der Waals surface area contributed by atoms with Crippen LogP contribution in [0.5, 0.6) is 0 Å². The van der Waals surface area contributed by atoms with E-state index < -0.39 is 10.5 Å². The third-order valence-corrected chi connectivity index (χ3v) is 5.59. The van der Waals surface area contributed by atoms with E-state index in [0.29, 0.717) is 17.3 Å². The highest BCUT2D eigenvalue weighted by molar-refractivity contribution is 5.84. The van der Waals surface area contributed by atoms with Crippen LogP contribution in [-0.2, 0) is 0 Å². The van der Waals surface area contributed by atoms with Gasteiger partial charge in [-0.05, 0) is 37.6 Å². The van der Waals surface area contributed by atoms with Crippen molar-refractivity contribution in [2.75, 3.05) is 24.5 Å². The predicted octanol–water partition coefficient (Wildman–Crippen LogP) is 3.12. The van der Waals surface area contributed by atoms with Gasteiger partial charge in [-0.15, -0.1) is 0 Å².